The van der Waals surface area contributed by atoms with Crippen molar-refractivity contribution in [3.63, 3.8) is 0 Å². The van der Waals surface area contributed by atoms with Gasteiger partial charge in [-0.05, 0) is 32.1 Å². The lowest BCUT2D eigenvalue weighted by atomic mass is 10.0. The molecule has 1 nitrogen and oxygen atoms in total. The Kier molecular flexibility index (Phi) is 25.4. The quantitative estimate of drug-likeness (QED) is 0.112. The molecule has 0 heterocycles. The number of hydrogen-bond donors (Lipinski definition) is 0. The van der Waals surface area contributed by atoms with Crippen molar-refractivity contribution in [3.05, 3.63) is 0 Å². The van der Waals surface area contributed by atoms with E-state index in [0.29, 0.717) is 0 Å². The van der Waals surface area contributed by atoms with Gasteiger partial charge in [-0.25, -0.2) is 0 Å². The van der Waals surface area contributed by atoms with Crippen molar-refractivity contribution in [1.82, 2.24) is 0 Å². The highest BCUT2D eigenvalue weighted by molar-refractivity contribution is 4.51. The van der Waals surface area contributed by atoms with E-state index in [-0.39, 0.29) is 24.0 Å². The van der Waals surface area contributed by atoms with Crippen LogP contribution in [0, 0.1) is 0 Å². The van der Waals surface area contributed by atoms with E-state index < -0.39 is 0 Å². The number of halogens is 1. The Balaban J connectivity index is 0. The Morgan fingerprint density at radius 1 is 0.333 bits per heavy atom. The minimum absolute atomic E-state index is 0. The summed E-state index contributed by atoms with van der Waals surface area (Å²) in [6, 6.07) is 0. The lowest BCUT2D eigenvalue weighted by molar-refractivity contribution is -0.928. The molecule has 0 spiro atoms. The minimum atomic E-state index is 0. The second-order valence-electron chi connectivity index (χ2n) is 8.83. The van der Waals surface area contributed by atoms with Gasteiger partial charge in [-0.3, -0.25) is 0 Å². The van der Waals surface area contributed by atoms with E-state index in [9.17, 15) is 0 Å². The molecule has 2 heteroatoms. The smallest absolute Gasteiger partial charge is 0.0786 e. The summed E-state index contributed by atoms with van der Waals surface area (Å²) in [7, 11) is 0. The Morgan fingerprint density at radius 3 is 0.926 bits per heavy atom. The van der Waals surface area contributed by atoms with Crippen molar-refractivity contribution in [2.75, 3.05) is 26.2 Å². The lowest BCUT2D eigenvalue weighted by Gasteiger charge is -2.38. The molecule has 0 aromatic rings. The molecule has 0 aliphatic heterocycles. The summed E-state index contributed by atoms with van der Waals surface area (Å²) in [6.45, 7) is 15.0. The van der Waals surface area contributed by atoms with Gasteiger partial charge in [0, 0.05) is 0 Å². The fourth-order valence-electron chi connectivity index (χ4n) is 4.74. The van der Waals surface area contributed by atoms with Crippen molar-refractivity contribution >= 4 is 0 Å². The topological polar surface area (TPSA) is 0 Å². The summed E-state index contributed by atoms with van der Waals surface area (Å²) >= 11 is 0. The average molecular weight is 496 g/mol. The van der Waals surface area contributed by atoms with E-state index in [4.69, 9.17) is 0 Å². The SMILES string of the molecule is CCCCCCCCCCCCCCCC[N+](CCC)(CCC)CCC.[I-]. The van der Waals surface area contributed by atoms with Crippen LogP contribution >= 0.6 is 0 Å². The van der Waals surface area contributed by atoms with E-state index in [1.165, 1.54) is 140 Å². The Labute approximate surface area is 191 Å². The van der Waals surface area contributed by atoms with Gasteiger partial charge >= 0.3 is 0 Å². The van der Waals surface area contributed by atoms with Gasteiger partial charge in [0.05, 0.1) is 26.2 Å². The summed E-state index contributed by atoms with van der Waals surface area (Å²) in [4.78, 5) is 0. The van der Waals surface area contributed by atoms with Gasteiger partial charge in [0.2, 0.25) is 0 Å². The second-order valence-corrected chi connectivity index (χ2v) is 8.83. The summed E-state index contributed by atoms with van der Waals surface area (Å²) in [6.07, 6.45) is 24.6. The van der Waals surface area contributed by atoms with E-state index in [2.05, 4.69) is 27.7 Å². The standard InChI is InChI=1S/C25H54N.HI/c1-5-9-10-11-12-13-14-15-16-17-18-19-20-21-25-26(22-6-2,23-7-3)24-8-4;/h5-25H2,1-4H3;1H/q+1;/p-1. The van der Waals surface area contributed by atoms with Crippen molar-refractivity contribution in [2.24, 2.45) is 0 Å². The van der Waals surface area contributed by atoms with Gasteiger partial charge in [-0.2, -0.15) is 0 Å². The van der Waals surface area contributed by atoms with Crippen LogP contribution in [0.4, 0.5) is 0 Å². The molecule has 0 unspecified atom stereocenters. The Morgan fingerprint density at radius 2 is 0.630 bits per heavy atom. The fraction of sp³-hybridized carbons (Fsp3) is 1.00. The number of hydrogen-bond acceptors (Lipinski definition) is 0. The molecule has 0 radical (unpaired) electrons. The Bertz CT molecular complexity index is 250. The maximum absolute atomic E-state index is 2.36. The maximum atomic E-state index is 2.36. The van der Waals surface area contributed by atoms with Crippen LogP contribution in [0.5, 0.6) is 0 Å². The van der Waals surface area contributed by atoms with Gasteiger partial charge in [0.15, 0.2) is 0 Å². The van der Waals surface area contributed by atoms with Crippen molar-refractivity contribution in [1.29, 1.82) is 0 Å². The van der Waals surface area contributed by atoms with Gasteiger partial charge in [-0.1, -0.05) is 105 Å². The molecular weight excluding hydrogens is 441 g/mol. The van der Waals surface area contributed by atoms with Crippen molar-refractivity contribution in [3.8, 4) is 0 Å². The van der Waals surface area contributed by atoms with Crippen LogP contribution in [0.25, 0.3) is 0 Å². The molecule has 0 aliphatic rings. The first-order chi connectivity index (χ1) is 12.7. The molecule has 0 saturated carbocycles. The molecule has 0 N–H and O–H groups in total. The molecule has 0 rings (SSSR count). The summed E-state index contributed by atoms with van der Waals surface area (Å²) in [5.41, 5.74) is 0. The highest BCUT2D eigenvalue weighted by Crippen LogP contribution is 2.16. The van der Waals surface area contributed by atoms with Gasteiger partial charge < -0.3 is 28.5 Å². The highest BCUT2D eigenvalue weighted by Gasteiger charge is 2.23. The normalized spacial score (nSPS) is 11.6. The molecule has 0 bridgehead atoms. The zero-order chi connectivity index (χ0) is 19.3. The monoisotopic (exact) mass is 495 g/mol. The highest BCUT2D eigenvalue weighted by atomic mass is 127. The molecule has 0 atom stereocenters. The van der Waals surface area contributed by atoms with Crippen LogP contribution in [-0.4, -0.2) is 30.7 Å². The molecule has 0 aromatic heterocycles. The first-order valence-corrected chi connectivity index (χ1v) is 12.6. The molecule has 166 valence electrons. The number of quaternary nitrogens is 1. The molecule has 0 aliphatic carbocycles. The third kappa shape index (κ3) is 18.5. The molecule has 27 heavy (non-hydrogen) atoms. The third-order valence-electron chi connectivity index (χ3n) is 6.08. The number of unbranched alkanes of at least 4 members (excludes halogenated alkanes) is 13. The largest absolute Gasteiger partial charge is 1.00 e. The van der Waals surface area contributed by atoms with Crippen LogP contribution in [0.1, 0.15) is 137 Å². The minimum Gasteiger partial charge on any atom is -1.00 e. The van der Waals surface area contributed by atoms with Crippen LogP contribution in [0.15, 0.2) is 0 Å². The number of rotatable bonds is 21. The van der Waals surface area contributed by atoms with Crippen molar-refractivity contribution in [2.45, 2.75) is 137 Å². The van der Waals surface area contributed by atoms with E-state index >= 15 is 0 Å². The zero-order valence-corrected chi connectivity index (χ0v) is 21.8. The van der Waals surface area contributed by atoms with E-state index in [1.807, 2.05) is 0 Å². The third-order valence-corrected chi connectivity index (χ3v) is 6.08. The molecule has 0 aromatic carbocycles. The van der Waals surface area contributed by atoms with Crippen LogP contribution in [0.3, 0.4) is 0 Å². The van der Waals surface area contributed by atoms with Gasteiger partial charge in [0.25, 0.3) is 0 Å². The first-order valence-electron chi connectivity index (χ1n) is 12.6. The molecule has 0 amide bonds. The zero-order valence-electron chi connectivity index (χ0n) is 19.7. The van der Waals surface area contributed by atoms with Crippen LogP contribution < -0.4 is 24.0 Å². The van der Waals surface area contributed by atoms with Gasteiger partial charge in [-0.15, -0.1) is 0 Å². The van der Waals surface area contributed by atoms with E-state index in [0.717, 1.165) is 0 Å². The fourth-order valence-corrected chi connectivity index (χ4v) is 4.74. The molecule has 0 saturated heterocycles. The van der Waals surface area contributed by atoms with Crippen LogP contribution in [0.2, 0.25) is 0 Å². The van der Waals surface area contributed by atoms with Crippen molar-refractivity contribution < 1.29 is 28.5 Å². The Hall–Kier alpha value is 0.690. The first kappa shape index (κ1) is 29.9. The summed E-state index contributed by atoms with van der Waals surface area (Å²) < 4.78 is 1.40. The van der Waals surface area contributed by atoms with Gasteiger partial charge in [0.1, 0.15) is 0 Å². The predicted molar refractivity (Wildman–Crippen MR) is 121 cm³/mol. The summed E-state index contributed by atoms with van der Waals surface area (Å²) in [5, 5.41) is 0. The summed E-state index contributed by atoms with van der Waals surface area (Å²) in [5.74, 6) is 0. The van der Waals surface area contributed by atoms with E-state index in [1.54, 1.807) is 0 Å². The second kappa shape index (κ2) is 23.0. The van der Waals surface area contributed by atoms with Crippen LogP contribution in [-0.2, 0) is 0 Å². The lowest BCUT2D eigenvalue weighted by Crippen LogP contribution is -3.00. The molecule has 0 fully saturated rings. The molecular formula is C25H54IN. The average Bonchev–Trinajstić information content (AvgIpc) is 2.63. The predicted octanol–water partition coefficient (Wildman–Crippen LogP) is 5.52. The maximum Gasteiger partial charge on any atom is 0.0786 e. The number of nitrogens with zero attached hydrogens (tertiary/aromatic N) is 1.